The Morgan fingerprint density at radius 1 is 1.47 bits per heavy atom. The van der Waals surface area contributed by atoms with E-state index >= 15 is 0 Å². The maximum atomic E-state index is 10.6. The minimum Gasteiger partial charge on any atom is -0.390 e. The molecule has 0 saturated carbocycles. The van der Waals surface area contributed by atoms with Gasteiger partial charge in [0.2, 0.25) is 5.91 Å². The Hall–Kier alpha value is -1.61. The first-order chi connectivity index (χ1) is 7.93. The zero-order valence-corrected chi connectivity index (χ0v) is 9.55. The summed E-state index contributed by atoms with van der Waals surface area (Å²) >= 11 is 5.75. The first-order valence-corrected chi connectivity index (χ1v) is 5.17. The predicted molar refractivity (Wildman–Crippen MR) is 60.9 cm³/mol. The number of halogens is 1. The van der Waals surface area contributed by atoms with Crippen molar-refractivity contribution < 1.29 is 15.0 Å². The average molecular weight is 255 g/mol. The SMILES string of the molecule is N#Cc1cc(Cl)cc(C(O)C(O)CC(N)=O)c1. The molecule has 5 nitrogen and oxygen atoms in total. The van der Waals surface area contributed by atoms with Crippen molar-refractivity contribution in [1.82, 2.24) is 0 Å². The molecule has 0 aliphatic heterocycles. The second-order valence-corrected chi connectivity index (χ2v) is 4.00. The minimum atomic E-state index is -1.32. The summed E-state index contributed by atoms with van der Waals surface area (Å²) in [6, 6.07) is 6.11. The molecular weight excluding hydrogens is 244 g/mol. The Bertz CT molecular complexity index is 470. The van der Waals surface area contributed by atoms with Crippen LogP contribution in [0.2, 0.25) is 5.02 Å². The normalized spacial score (nSPS) is 13.8. The van der Waals surface area contributed by atoms with Crippen LogP contribution in [0, 0.1) is 11.3 Å². The molecule has 0 spiro atoms. The van der Waals surface area contributed by atoms with Crippen LogP contribution >= 0.6 is 11.6 Å². The molecule has 0 radical (unpaired) electrons. The number of hydrogen-bond donors (Lipinski definition) is 3. The number of rotatable bonds is 4. The quantitative estimate of drug-likeness (QED) is 0.726. The monoisotopic (exact) mass is 254 g/mol. The third-order valence-corrected chi connectivity index (χ3v) is 2.38. The number of aliphatic hydroxyl groups is 2. The zero-order valence-electron chi connectivity index (χ0n) is 8.80. The van der Waals surface area contributed by atoms with Gasteiger partial charge in [0.1, 0.15) is 6.10 Å². The Kier molecular flexibility index (Phi) is 4.46. The second-order valence-electron chi connectivity index (χ2n) is 3.57. The Labute approximate surface area is 103 Å². The van der Waals surface area contributed by atoms with Gasteiger partial charge < -0.3 is 15.9 Å². The number of nitriles is 1. The van der Waals surface area contributed by atoms with Crippen LogP contribution in [-0.4, -0.2) is 22.2 Å². The molecule has 0 bridgehead atoms. The number of carbonyl (C=O) groups is 1. The fourth-order valence-electron chi connectivity index (χ4n) is 1.39. The van der Waals surface area contributed by atoms with Crippen LogP contribution in [0.1, 0.15) is 23.7 Å². The van der Waals surface area contributed by atoms with Gasteiger partial charge in [-0.25, -0.2) is 0 Å². The summed E-state index contributed by atoms with van der Waals surface area (Å²) in [6.45, 7) is 0. The number of nitrogens with two attached hydrogens (primary N) is 1. The molecule has 0 aromatic heterocycles. The lowest BCUT2D eigenvalue weighted by Gasteiger charge is -2.17. The van der Waals surface area contributed by atoms with Crippen LogP contribution in [0.15, 0.2) is 18.2 Å². The summed E-state index contributed by atoms with van der Waals surface area (Å²) < 4.78 is 0. The van der Waals surface area contributed by atoms with Crippen molar-refractivity contribution in [3.8, 4) is 6.07 Å². The molecule has 4 N–H and O–H groups in total. The summed E-state index contributed by atoms with van der Waals surface area (Å²) in [5.74, 6) is -0.723. The summed E-state index contributed by atoms with van der Waals surface area (Å²) in [4.78, 5) is 10.6. The molecule has 1 rings (SSSR count). The topological polar surface area (TPSA) is 107 Å². The van der Waals surface area contributed by atoms with Crippen LogP contribution in [0.25, 0.3) is 0 Å². The summed E-state index contributed by atoms with van der Waals surface area (Å²) in [6.07, 6.45) is -3.00. The van der Waals surface area contributed by atoms with Crippen LogP contribution in [0.3, 0.4) is 0 Å². The molecule has 6 heteroatoms. The van der Waals surface area contributed by atoms with Gasteiger partial charge in [-0.15, -0.1) is 0 Å². The van der Waals surface area contributed by atoms with E-state index in [1.807, 2.05) is 6.07 Å². The molecule has 1 aromatic carbocycles. The van der Waals surface area contributed by atoms with Gasteiger partial charge in [0.25, 0.3) is 0 Å². The van der Waals surface area contributed by atoms with Crippen LogP contribution < -0.4 is 5.73 Å². The van der Waals surface area contributed by atoms with E-state index in [4.69, 9.17) is 22.6 Å². The first kappa shape index (κ1) is 13.5. The molecule has 2 atom stereocenters. The predicted octanol–water partition coefficient (Wildman–Crippen LogP) is 0.481. The van der Waals surface area contributed by atoms with Gasteiger partial charge in [-0.1, -0.05) is 11.6 Å². The van der Waals surface area contributed by atoms with E-state index in [-0.39, 0.29) is 22.6 Å². The molecule has 0 heterocycles. The third kappa shape index (κ3) is 3.71. The highest BCUT2D eigenvalue weighted by molar-refractivity contribution is 6.30. The second kappa shape index (κ2) is 5.64. The lowest BCUT2D eigenvalue weighted by molar-refractivity contribution is -0.121. The van der Waals surface area contributed by atoms with E-state index in [1.165, 1.54) is 18.2 Å². The van der Waals surface area contributed by atoms with Crippen LogP contribution in [0.4, 0.5) is 0 Å². The smallest absolute Gasteiger partial charge is 0.220 e. The molecule has 0 aliphatic rings. The van der Waals surface area contributed by atoms with Crippen molar-refractivity contribution in [2.24, 2.45) is 5.73 Å². The average Bonchev–Trinajstić information content (AvgIpc) is 2.26. The van der Waals surface area contributed by atoms with Crippen molar-refractivity contribution in [3.05, 3.63) is 34.3 Å². The number of benzene rings is 1. The number of primary amides is 1. The number of amides is 1. The van der Waals surface area contributed by atoms with Crippen molar-refractivity contribution in [3.63, 3.8) is 0 Å². The largest absolute Gasteiger partial charge is 0.390 e. The first-order valence-electron chi connectivity index (χ1n) is 4.79. The number of aliphatic hydroxyl groups excluding tert-OH is 2. The highest BCUT2D eigenvalue weighted by Gasteiger charge is 2.21. The van der Waals surface area contributed by atoms with Gasteiger partial charge in [0.15, 0.2) is 0 Å². The van der Waals surface area contributed by atoms with Crippen molar-refractivity contribution in [1.29, 1.82) is 5.26 Å². The Balaban J connectivity index is 2.96. The molecule has 2 unspecified atom stereocenters. The van der Waals surface area contributed by atoms with E-state index in [1.54, 1.807) is 0 Å². The molecular formula is C11H11ClN2O3. The van der Waals surface area contributed by atoms with E-state index in [9.17, 15) is 15.0 Å². The van der Waals surface area contributed by atoms with E-state index < -0.39 is 18.1 Å². The van der Waals surface area contributed by atoms with Gasteiger partial charge in [0, 0.05) is 5.02 Å². The van der Waals surface area contributed by atoms with Gasteiger partial charge in [-0.2, -0.15) is 5.26 Å². The maximum absolute atomic E-state index is 10.6. The van der Waals surface area contributed by atoms with Crippen LogP contribution in [0.5, 0.6) is 0 Å². The zero-order chi connectivity index (χ0) is 13.0. The highest BCUT2D eigenvalue weighted by atomic mass is 35.5. The molecule has 90 valence electrons. The molecule has 0 aliphatic carbocycles. The van der Waals surface area contributed by atoms with E-state index in [0.29, 0.717) is 0 Å². The minimum absolute atomic E-state index is 0.262. The van der Waals surface area contributed by atoms with Crippen molar-refractivity contribution >= 4 is 17.5 Å². The molecule has 0 saturated heterocycles. The van der Waals surface area contributed by atoms with Gasteiger partial charge >= 0.3 is 0 Å². The lowest BCUT2D eigenvalue weighted by atomic mass is 10.0. The van der Waals surface area contributed by atoms with Crippen molar-refractivity contribution in [2.75, 3.05) is 0 Å². The Morgan fingerprint density at radius 2 is 2.12 bits per heavy atom. The number of hydrogen-bond acceptors (Lipinski definition) is 4. The van der Waals surface area contributed by atoms with Crippen LogP contribution in [-0.2, 0) is 4.79 Å². The summed E-state index contributed by atoms with van der Waals surface area (Å²) in [5.41, 5.74) is 5.44. The van der Waals surface area contributed by atoms with E-state index in [0.717, 1.165) is 0 Å². The van der Waals surface area contributed by atoms with Gasteiger partial charge in [-0.3, -0.25) is 4.79 Å². The lowest BCUT2D eigenvalue weighted by Crippen LogP contribution is -2.25. The Morgan fingerprint density at radius 3 is 2.65 bits per heavy atom. The highest BCUT2D eigenvalue weighted by Crippen LogP contribution is 2.23. The standard InChI is InChI=1S/C11H11ClN2O3/c12-8-2-6(5-13)1-7(3-8)11(17)9(15)4-10(14)16/h1-3,9,11,15,17H,4H2,(H2,14,16). The van der Waals surface area contributed by atoms with Gasteiger partial charge in [0.05, 0.1) is 24.2 Å². The fourth-order valence-corrected chi connectivity index (χ4v) is 1.63. The van der Waals surface area contributed by atoms with Gasteiger partial charge in [-0.05, 0) is 23.8 Å². The number of nitrogens with zero attached hydrogens (tertiary/aromatic N) is 1. The third-order valence-electron chi connectivity index (χ3n) is 2.17. The summed E-state index contributed by atoms with van der Waals surface area (Å²) in [7, 11) is 0. The van der Waals surface area contributed by atoms with E-state index in [2.05, 4.69) is 0 Å². The molecule has 1 amide bonds. The maximum Gasteiger partial charge on any atom is 0.220 e. The summed E-state index contributed by atoms with van der Waals surface area (Å²) in [5, 5.41) is 28.3. The molecule has 0 fully saturated rings. The number of carbonyl (C=O) groups excluding carboxylic acids is 1. The van der Waals surface area contributed by atoms with Crippen molar-refractivity contribution in [2.45, 2.75) is 18.6 Å². The molecule has 17 heavy (non-hydrogen) atoms. The fraction of sp³-hybridized carbons (Fsp3) is 0.273. The molecule has 1 aromatic rings.